The Morgan fingerprint density at radius 3 is 2.81 bits per heavy atom. The van der Waals surface area contributed by atoms with Crippen LogP contribution in [-0.2, 0) is 0 Å². The van der Waals surface area contributed by atoms with Crippen LogP contribution in [0, 0.1) is 6.92 Å². The molecule has 0 saturated heterocycles. The number of aromatic amines is 2. The number of amides is 2. The zero-order valence-electron chi connectivity index (χ0n) is 13.8. The van der Waals surface area contributed by atoms with E-state index < -0.39 is 5.91 Å². The van der Waals surface area contributed by atoms with E-state index in [1.54, 1.807) is 17.6 Å². The van der Waals surface area contributed by atoms with E-state index in [1.807, 2.05) is 31.2 Å². The van der Waals surface area contributed by atoms with Crippen LogP contribution < -0.4 is 11.1 Å². The van der Waals surface area contributed by atoms with Crippen molar-refractivity contribution in [2.45, 2.75) is 6.92 Å². The lowest BCUT2D eigenvalue weighted by Crippen LogP contribution is -2.11. The number of rotatable bonds is 4. The van der Waals surface area contributed by atoms with E-state index in [0.29, 0.717) is 22.2 Å². The number of carbonyl (C=O) groups is 2. The molecule has 1 aromatic carbocycles. The van der Waals surface area contributed by atoms with Crippen molar-refractivity contribution in [3.05, 3.63) is 58.9 Å². The van der Waals surface area contributed by atoms with Crippen molar-refractivity contribution in [3.63, 3.8) is 0 Å². The van der Waals surface area contributed by atoms with Gasteiger partial charge in [-0.25, -0.2) is 4.98 Å². The summed E-state index contributed by atoms with van der Waals surface area (Å²) < 4.78 is 0. The van der Waals surface area contributed by atoms with E-state index in [4.69, 9.17) is 5.73 Å². The molecule has 0 aliphatic heterocycles. The monoisotopic (exact) mass is 365 g/mol. The summed E-state index contributed by atoms with van der Waals surface area (Å²) in [4.78, 5) is 33.9. The average Bonchev–Trinajstić information content (AvgIpc) is 3.32. The number of aryl methyl sites for hydroxylation is 1. The number of fused-ring (bicyclic) bond motifs is 1. The first-order valence-electron chi connectivity index (χ1n) is 7.84. The van der Waals surface area contributed by atoms with Crippen LogP contribution in [0.3, 0.4) is 0 Å². The Hall–Kier alpha value is -3.39. The van der Waals surface area contributed by atoms with Gasteiger partial charge in [0.15, 0.2) is 5.13 Å². The van der Waals surface area contributed by atoms with Gasteiger partial charge in [-0.2, -0.15) is 0 Å². The molecule has 0 atom stereocenters. The maximum absolute atomic E-state index is 12.5. The molecule has 3 heterocycles. The van der Waals surface area contributed by atoms with Crippen molar-refractivity contribution in [2.24, 2.45) is 5.73 Å². The van der Waals surface area contributed by atoms with Crippen molar-refractivity contribution in [1.29, 1.82) is 0 Å². The first-order valence-corrected chi connectivity index (χ1v) is 8.72. The van der Waals surface area contributed by atoms with Crippen LogP contribution in [0.15, 0.2) is 41.9 Å². The van der Waals surface area contributed by atoms with Crippen LogP contribution in [0.4, 0.5) is 5.13 Å². The number of nitrogens with one attached hydrogen (secondary N) is 3. The highest BCUT2D eigenvalue weighted by Gasteiger charge is 2.14. The van der Waals surface area contributed by atoms with Crippen LogP contribution >= 0.6 is 11.3 Å². The Morgan fingerprint density at radius 2 is 2.04 bits per heavy atom. The molecule has 7 nitrogen and oxygen atoms in total. The second kappa shape index (κ2) is 6.16. The van der Waals surface area contributed by atoms with Gasteiger partial charge in [0.2, 0.25) is 0 Å². The largest absolute Gasteiger partial charge is 0.364 e. The molecular weight excluding hydrogens is 350 g/mol. The molecule has 130 valence electrons. The molecule has 4 rings (SSSR count). The predicted octanol–water partition coefficient (Wildman–Crippen LogP) is 3.28. The van der Waals surface area contributed by atoms with Crippen molar-refractivity contribution >= 4 is 39.2 Å². The minimum absolute atomic E-state index is 0.258. The first-order chi connectivity index (χ1) is 12.5. The van der Waals surface area contributed by atoms with E-state index in [9.17, 15) is 9.59 Å². The number of aromatic nitrogens is 3. The van der Waals surface area contributed by atoms with Gasteiger partial charge in [0.05, 0.1) is 5.69 Å². The Labute approximate surface area is 152 Å². The van der Waals surface area contributed by atoms with Gasteiger partial charge in [0.25, 0.3) is 11.8 Å². The van der Waals surface area contributed by atoms with Crippen molar-refractivity contribution in [2.75, 3.05) is 5.32 Å². The minimum Gasteiger partial charge on any atom is -0.364 e. The van der Waals surface area contributed by atoms with Crippen molar-refractivity contribution < 1.29 is 9.59 Å². The molecule has 26 heavy (non-hydrogen) atoms. The zero-order chi connectivity index (χ0) is 18.3. The van der Waals surface area contributed by atoms with Gasteiger partial charge in [-0.05, 0) is 30.7 Å². The number of primary amides is 1. The third-order valence-electron chi connectivity index (χ3n) is 3.99. The summed E-state index contributed by atoms with van der Waals surface area (Å²) in [6.45, 7) is 2.00. The summed E-state index contributed by atoms with van der Waals surface area (Å²) in [5.41, 5.74) is 9.45. The van der Waals surface area contributed by atoms with Gasteiger partial charge in [-0.3, -0.25) is 14.9 Å². The highest BCUT2D eigenvalue weighted by atomic mass is 32.1. The molecular formula is C18H15N5O2S. The van der Waals surface area contributed by atoms with Crippen LogP contribution in [-0.4, -0.2) is 26.8 Å². The smallest absolute Gasteiger partial charge is 0.273 e. The lowest BCUT2D eigenvalue weighted by molar-refractivity contribution is 0.0993. The molecule has 0 fully saturated rings. The normalized spacial score (nSPS) is 11.0. The fraction of sp³-hybridized carbons (Fsp3) is 0.0556. The average molecular weight is 365 g/mol. The van der Waals surface area contributed by atoms with E-state index in [-0.39, 0.29) is 5.91 Å². The summed E-state index contributed by atoms with van der Waals surface area (Å²) in [5.74, 6) is -0.791. The Bertz CT molecular complexity index is 1140. The molecule has 0 aliphatic carbocycles. The predicted molar refractivity (Wildman–Crippen MR) is 101 cm³/mol. The summed E-state index contributed by atoms with van der Waals surface area (Å²) in [6.07, 6.45) is 1.65. The molecule has 0 unspecified atom stereocenters. The Morgan fingerprint density at radius 1 is 1.19 bits per heavy atom. The molecule has 0 saturated carbocycles. The van der Waals surface area contributed by atoms with Crippen molar-refractivity contribution in [1.82, 2.24) is 15.0 Å². The van der Waals surface area contributed by atoms with Gasteiger partial charge in [0, 0.05) is 28.0 Å². The van der Waals surface area contributed by atoms with Crippen LogP contribution in [0.2, 0.25) is 0 Å². The summed E-state index contributed by atoms with van der Waals surface area (Å²) >= 11 is 1.31. The summed E-state index contributed by atoms with van der Waals surface area (Å²) in [7, 11) is 0. The second-order valence-corrected chi connectivity index (χ2v) is 6.79. The number of anilines is 1. The lowest BCUT2D eigenvalue weighted by atomic mass is 10.2. The number of nitrogens with two attached hydrogens (primary N) is 1. The Balaban J connectivity index is 1.54. The van der Waals surface area contributed by atoms with Gasteiger partial charge in [0.1, 0.15) is 11.4 Å². The first kappa shape index (κ1) is 16.1. The summed E-state index contributed by atoms with van der Waals surface area (Å²) in [5, 5.41) is 6.04. The molecule has 5 N–H and O–H groups in total. The number of benzene rings is 1. The number of H-pyrrole nitrogens is 2. The molecule has 0 bridgehead atoms. The number of thiazole rings is 1. The highest BCUT2D eigenvalue weighted by Crippen LogP contribution is 2.26. The van der Waals surface area contributed by atoms with Gasteiger partial charge in [-0.1, -0.05) is 12.1 Å². The molecule has 2 amide bonds. The van der Waals surface area contributed by atoms with Gasteiger partial charge < -0.3 is 15.7 Å². The molecule has 0 radical (unpaired) electrons. The quantitative estimate of drug-likeness (QED) is 0.444. The van der Waals surface area contributed by atoms with Crippen LogP contribution in [0.1, 0.15) is 26.5 Å². The number of nitrogens with zero attached hydrogens (tertiary/aromatic N) is 1. The fourth-order valence-corrected chi connectivity index (χ4v) is 3.39. The summed E-state index contributed by atoms with van der Waals surface area (Å²) in [6, 6.07) is 9.41. The van der Waals surface area contributed by atoms with E-state index in [2.05, 4.69) is 20.3 Å². The third-order valence-corrected chi connectivity index (χ3v) is 4.75. The van der Waals surface area contributed by atoms with Gasteiger partial charge in [-0.15, -0.1) is 11.3 Å². The maximum Gasteiger partial charge on any atom is 0.273 e. The second-order valence-electron chi connectivity index (χ2n) is 5.93. The van der Waals surface area contributed by atoms with Gasteiger partial charge >= 0.3 is 0 Å². The number of hydrogen-bond donors (Lipinski definition) is 4. The highest BCUT2D eigenvalue weighted by molar-refractivity contribution is 7.14. The molecule has 0 aliphatic rings. The van der Waals surface area contributed by atoms with E-state index in [1.165, 1.54) is 11.3 Å². The van der Waals surface area contributed by atoms with Crippen molar-refractivity contribution in [3.8, 4) is 11.3 Å². The topological polar surface area (TPSA) is 117 Å². The van der Waals surface area contributed by atoms with Crippen LogP contribution in [0.5, 0.6) is 0 Å². The third kappa shape index (κ3) is 2.98. The number of carbonyl (C=O) groups excluding carboxylic acids is 2. The molecule has 8 heteroatoms. The standard InChI is InChI=1S/C18H15N5O2S/c1-9-2-3-10-5-14(21-12(10)4-9)17(25)23-18-22-15(8-26-18)11-6-13(16(19)24)20-7-11/h2-8,20-21H,1H3,(H2,19,24)(H,22,23,25). The van der Waals surface area contributed by atoms with E-state index >= 15 is 0 Å². The minimum atomic E-state index is -0.533. The maximum atomic E-state index is 12.5. The lowest BCUT2D eigenvalue weighted by Gasteiger charge is -1.98. The number of hydrogen-bond acceptors (Lipinski definition) is 4. The molecule has 4 aromatic rings. The zero-order valence-corrected chi connectivity index (χ0v) is 14.6. The van der Waals surface area contributed by atoms with E-state index in [0.717, 1.165) is 22.0 Å². The Kier molecular flexibility index (Phi) is 3.81. The molecule has 0 spiro atoms. The fourth-order valence-electron chi connectivity index (χ4n) is 2.68. The molecule has 3 aromatic heterocycles. The SMILES string of the molecule is Cc1ccc2cc(C(=O)Nc3nc(-c4c[nH]c(C(N)=O)c4)cs3)[nH]c2c1. The van der Waals surface area contributed by atoms with Crippen LogP contribution in [0.25, 0.3) is 22.2 Å².